The maximum absolute atomic E-state index is 12.2. The zero-order chi connectivity index (χ0) is 20.4. The van der Waals surface area contributed by atoms with Gasteiger partial charge in [-0.2, -0.15) is 4.31 Å². The fourth-order valence-corrected chi connectivity index (χ4v) is 3.98. The Labute approximate surface area is 150 Å². The largest absolute Gasteiger partial charge is 0.481 e. The highest BCUT2D eigenvalue weighted by molar-refractivity contribution is 7.60. The van der Waals surface area contributed by atoms with Crippen LogP contribution >= 0.6 is 15.6 Å². The van der Waals surface area contributed by atoms with E-state index in [0.29, 0.717) is 0 Å². The van der Waals surface area contributed by atoms with Gasteiger partial charge >= 0.3 is 21.3 Å². The normalized spacial score (nSPS) is 25.0. The first-order valence-electron chi connectivity index (χ1n) is 7.18. The van der Waals surface area contributed by atoms with E-state index < -0.39 is 51.9 Å². The highest BCUT2D eigenvalue weighted by Crippen LogP contribution is 2.57. The smallest absolute Gasteiger partial charge is 0.352 e. The molecule has 1 aromatic heterocycles. The molecule has 1 aliphatic heterocycles. The summed E-state index contributed by atoms with van der Waals surface area (Å²) in [4.78, 5) is 55.4. The van der Waals surface area contributed by atoms with Crippen LogP contribution in [0.25, 0.3) is 10.4 Å². The molecule has 0 aromatic carbocycles. The fourth-order valence-electron chi connectivity index (χ4n) is 2.38. The van der Waals surface area contributed by atoms with Crippen molar-refractivity contribution in [1.29, 1.82) is 0 Å². The number of hydrogen-bond donors (Lipinski definition) is 4. The van der Waals surface area contributed by atoms with E-state index in [2.05, 4.69) is 23.8 Å². The number of azide groups is 1. The zero-order valence-electron chi connectivity index (χ0n) is 13.6. The molecule has 1 fully saturated rings. The molecule has 0 amide bonds. The lowest BCUT2D eigenvalue weighted by Crippen LogP contribution is -2.39. The Morgan fingerprint density at radius 1 is 1.44 bits per heavy atom. The van der Waals surface area contributed by atoms with E-state index in [9.17, 15) is 23.6 Å². The lowest BCUT2D eigenvalue weighted by atomic mass is 10.1. The SMILES string of the molecule is Cc1c[nH]c(=O)n(C2CC(N=[N+]=[N-])C(COP(=O)(O)OP(=O)(O)O)O2)c1=O. The summed E-state index contributed by atoms with van der Waals surface area (Å²) in [5, 5.41) is 3.42. The lowest BCUT2D eigenvalue weighted by molar-refractivity contribution is -0.0281. The Hall–Kier alpha value is -1.79. The standard InChI is InChI=1S/C10H15N5O10P2/c1-5-3-12-10(17)15(9(5)16)8-2-6(13-14-11)7(24-8)4-23-27(21,22)25-26(18,19)20/h3,6-8H,2,4H2,1H3,(H,12,17)(H,21,22)(H2,18,19,20). The topological polar surface area (TPSA) is 226 Å². The molecule has 4 unspecified atom stereocenters. The van der Waals surface area contributed by atoms with Gasteiger partial charge in [-0.15, -0.1) is 0 Å². The molecule has 1 aromatic rings. The van der Waals surface area contributed by atoms with Crippen LogP contribution in [0.15, 0.2) is 20.9 Å². The van der Waals surface area contributed by atoms with Gasteiger partial charge < -0.3 is 24.4 Å². The lowest BCUT2D eigenvalue weighted by Gasteiger charge is -2.18. The van der Waals surface area contributed by atoms with E-state index in [4.69, 9.17) is 20.1 Å². The molecule has 0 bridgehead atoms. The molecule has 4 atom stereocenters. The Balaban J connectivity index is 2.21. The molecule has 0 saturated carbocycles. The number of aromatic nitrogens is 2. The van der Waals surface area contributed by atoms with Crippen LogP contribution in [0, 0.1) is 6.92 Å². The average Bonchev–Trinajstić information content (AvgIpc) is 2.90. The first-order chi connectivity index (χ1) is 12.4. The number of phosphoric acid groups is 2. The Morgan fingerprint density at radius 2 is 2.11 bits per heavy atom. The Morgan fingerprint density at radius 3 is 2.70 bits per heavy atom. The van der Waals surface area contributed by atoms with Crippen molar-refractivity contribution in [3.05, 3.63) is 43.0 Å². The van der Waals surface area contributed by atoms with Crippen molar-refractivity contribution in [2.45, 2.75) is 31.7 Å². The quantitative estimate of drug-likeness (QED) is 0.198. The van der Waals surface area contributed by atoms with Crippen LogP contribution in [-0.4, -0.2) is 43.0 Å². The van der Waals surface area contributed by atoms with Gasteiger partial charge in [0, 0.05) is 23.1 Å². The van der Waals surface area contributed by atoms with Crippen LogP contribution in [0.3, 0.4) is 0 Å². The molecule has 0 aliphatic carbocycles. The molecular formula is C10H15N5O10P2. The molecule has 27 heavy (non-hydrogen) atoms. The summed E-state index contributed by atoms with van der Waals surface area (Å²) in [6.45, 7) is 0.684. The number of aromatic amines is 1. The minimum absolute atomic E-state index is 0.125. The zero-order valence-corrected chi connectivity index (χ0v) is 15.4. The van der Waals surface area contributed by atoms with E-state index in [1.807, 2.05) is 0 Å². The third kappa shape index (κ3) is 5.59. The summed E-state index contributed by atoms with van der Waals surface area (Å²) in [5.41, 5.74) is 7.41. The van der Waals surface area contributed by atoms with Gasteiger partial charge in [0.05, 0.1) is 18.8 Å². The predicted octanol–water partition coefficient (Wildman–Crippen LogP) is 0.0377. The summed E-state index contributed by atoms with van der Waals surface area (Å²) in [6.07, 6.45) is -1.27. The summed E-state index contributed by atoms with van der Waals surface area (Å²) in [7, 11) is -10.5. The Kier molecular flexibility index (Phi) is 6.43. The van der Waals surface area contributed by atoms with Gasteiger partial charge in [0.2, 0.25) is 0 Å². The highest BCUT2D eigenvalue weighted by atomic mass is 31.3. The third-order valence-corrected chi connectivity index (χ3v) is 5.64. The maximum Gasteiger partial charge on any atom is 0.481 e. The second-order valence-electron chi connectivity index (χ2n) is 5.43. The van der Waals surface area contributed by atoms with Crippen molar-refractivity contribution in [3.63, 3.8) is 0 Å². The molecule has 17 heteroatoms. The van der Waals surface area contributed by atoms with E-state index in [0.717, 1.165) is 4.57 Å². The van der Waals surface area contributed by atoms with E-state index in [1.165, 1.54) is 13.1 Å². The van der Waals surface area contributed by atoms with Gasteiger partial charge in [-0.05, 0) is 12.5 Å². The number of H-pyrrole nitrogens is 1. The van der Waals surface area contributed by atoms with E-state index in [-0.39, 0.29) is 12.0 Å². The van der Waals surface area contributed by atoms with Gasteiger partial charge in [-0.1, -0.05) is 5.11 Å². The molecule has 0 spiro atoms. The van der Waals surface area contributed by atoms with Gasteiger partial charge in [-0.25, -0.2) is 18.5 Å². The van der Waals surface area contributed by atoms with Crippen molar-refractivity contribution >= 4 is 15.6 Å². The number of rotatable bonds is 7. The maximum atomic E-state index is 12.2. The first-order valence-corrected chi connectivity index (χ1v) is 10.2. The number of aryl methyl sites for hydroxylation is 1. The molecule has 15 nitrogen and oxygen atoms in total. The van der Waals surface area contributed by atoms with Crippen molar-refractivity contribution in [2.75, 3.05) is 6.61 Å². The molecule has 1 saturated heterocycles. The van der Waals surface area contributed by atoms with Crippen molar-refractivity contribution in [1.82, 2.24) is 9.55 Å². The summed E-state index contributed by atoms with van der Waals surface area (Å²) in [5.74, 6) is 0. The van der Waals surface area contributed by atoms with Crippen LogP contribution in [0.4, 0.5) is 0 Å². The van der Waals surface area contributed by atoms with E-state index in [1.54, 1.807) is 0 Å². The predicted molar refractivity (Wildman–Crippen MR) is 86.4 cm³/mol. The average molecular weight is 427 g/mol. The second-order valence-corrected chi connectivity index (χ2v) is 8.26. The summed E-state index contributed by atoms with van der Waals surface area (Å²) in [6, 6.07) is -0.998. The van der Waals surface area contributed by atoms with Crippen molar-refractivity contribution in [2.24, 2.45) is 5.11 Å². The molecular weight excluding hydrogens is 412 g/mol. The molecule has 2 rings (SSSR count). The number of ether oxygens (including phenoxy) is 1. The van der Waals surface area contributed by atoms with Crippen molar-refractivity contribution < 1.29 is 37.4 Å². The molecule has 0 radical (unpaired) electrons. The molecule has 2 heterocycles. The Bertz CT molecular complexity index is 962. The van der Waals surface area contributed by atoms with Gasteiger partial charge in [0.25, 0.3) is 5.56 Å². The number of hydrogen-bond acceptors (Lipinski definition) is 8. The van der Waals surface area contributed by atoms with Crippen molar-refractivity contribution in [3.8, 4) is 0 Å². The van der Waals surface area contributed by atoms with Crippen LogP contribution in [-0.2, 0) is 22.7 Å². The summed E-state index contributed by atoms with van der Waals surface area (Å²) >= 11 is 0. The molecule has 1 aliphatic rings. The highest BCUT2D eigenvalue weighted by Gasteiger charge is 2.40. The van der Waals surface area contributed by atoms with E-state index >= 15 is 0 Å². The minimum atomic E-state index is -5.31. The molecule has 150 valence electrons. The fraction of sp³-hybridized carbons (Fsp3) is 0.600. The van der Waals surface area contributed by atoms with Gasteiger partial charge in [0.15, 0.2) is 0 Å². The van der Waals surface area contributed by atoms with Crippen LogP contribution in [0.5, 0.6) is 0 Å². The first kappa shape index (κ1) is 21.5. The number of nitrogens with one attached hydrogen (secondary N) is 1. The van der Waals surface area contributed by atoms with Crippen LogP contribution < -0.4 is 11.2 Å². The van der Waals surface area contributed by atoms with Crippen LogP contribution in [0.2, 0.25) is 0 Å². The number of phosphoric ester groups is 1. The minimum Gasteiger partial charge on any atom is -0.352 e. The second kappa shape index (κ2) is 8.07. The third-order valence-electron chi connectivity index (χ3n) is 3.49. The molecule has 4 N–H and O–H groups in total. The van der Waals surface area contributed by atoms with Gasteiger partial charge in [0.1, 0.15) is 6.23 Å². The number of nitrogens with zero attached hydrogens (tertiary/aromatic N) is 4. The monoisotopic (exact) mass is 427 g/mol. The van der Waals surface area contributed by atoms with Gasteiger partial charge in [-0.3, -0.25) is 9.32 Å². The summed E-state index contributed by atoms with van der Waals surface area (Å²) < 4.78 is 36.4. The van der Waals surface area contributed by atoms with Crippen LogP contribution in [0.1, 0.15) is 18.2 Å².